The van der Waals surface area contributed by atoms with Crippen molar-refractivity contribution in [2.24, 2.45) is 0 Å². The number of rotatable bonds is 4. The zero-order valence-electron chi connectivity index (χ0n) is 9.87. The predicted molar refractivity (Wildman–Crippen MR) is 65.0 cm³/mol. The number of nitrogens with zero attached hydrogens (tertiary/aromatic N) is 1. The SMILES string of the molecule is Cc1oc(CO)cc1S(=O)(=O)Nc1ccc(=O)[nH]n1. The van der Waals surface area contributed by atoms with Gasteiger partial charge in [-0.25, -0.2) is 13.5 Å². The average molecular weight is 285 g/mol. The summed E-state index contributed by atoms with van der Waals surface area (Å²) < 4.78 is 31.4. The minimum absolute atomic E-state index is 0.0225. The summed E-state index contributed by atoms with van der Waals surface area (Å²) in [6.07, 6.45) is 0. The minimum atomic E-state index is -3.89. The second-order valence-corrected chi connectivity index (χ2v) is 5.35. The molecule has 102 valence electrons. The number of aromatic nitrogens is 2. The molecule has 2 aromatic heterocycles. The first-order valence-corrected chi connectivity index (χ1v) is 6.69. The van der Waals surface area contributed by atoms with Crippen LogP contribution in [-0.4, -0.2) is 23.7 Å². The minimum Gasteiger partial charge on any atom is -0.462 e. The third-order valence-corrected chi connectivity index (χ3v) is 3.75. The number of hydrogen-bond donors (Lipinski definition) is 3. The summed E-state index contributed by atoms with van der Waals surface area (Å²) in [6.45, 7) is 1.07. The molecule has 0 saturated heterocycles. The van der Waals surface area contributed by atoms with Crippen LogP contribution in [0.15, 0.2) is 32.3 Å². The summed E-state index contributed by atoms with van der Waals surface area (Å²) in [5.74, 6) is 0.277. The number of sulfonamides is 1. The fourth-order valence-corrected chi connectivity index (χ4v) is 2.67. The Morgan fingerprint density at radius 1 is 1.47 bits per heavy atom. The quantitative estimate of drug-likeness (QED) is 0.724. The molecule has 2 aromatic rings. The molecule has 0 aliphatic rings. The lowest BCUT2D eigenvalue weighted by Crippen LogP contribution is -2.16. The van der Waals surface area contributed by atoms with Crippen LogP contribution in [0, 0.1) is 6.92 Å². The zero-order valence-corrected chi connectivity index (χ0v) is 10.7. The monoisotopic (exact) mass is 285 g/mol. The molecule has 0 bridgehead atoms. The Balaban J connectivity index is 2.34. The highest BCUT2D eigenvalue weighted by molar-refractivity contribution is 7.92. The molecule has 19 heavy (non-hydrogen) atoms. The van der Waals surface area contributed by atoms with Gasteiger partial charge in [0.15, 0.2) is 5.82 Å². The van der Waals surface area contributed by atoms with E-state index in [1.54, 1.807) is 0 Å². The van der Waals surface area contributed by atoms with Crippen molar-refractivity contribution in [2.45, 2.75) is 18.4 Å². The van der Waals surface area contributed by atoms with Crippen molar-refractivity contribution in [1.82, 2.24) is 10.2 Å². The first-order chi connectivity index (χ1) is 8.92. The number of H-pyrrole nitrogens is 1. The van der Waals surface area contributed by atoms with Crippen LogP contribution >= 0.6 is 0 Å². The maximum absolute atomic E-state index is 12.1. The Kier molecular flexibility index (Phi) is 3.40. The summed E-state index contributed by atoms with van der Waals surface area (Å²) in [5.41, 5.74) is -0.440. The molecule has 3 N–H and O–H groups in total. The van der Waals surface area contributed by atoms with E-state index < -0.39 is 22.2 Å². The van der Waals surface area contributed by atoms with Crippen LogP contribution in [0.3, 0.4) is 0 Å². The molecule has 0 aliphatic heterocycles. The second-order valence-electron chi connectivity index (χ2n) is 3.70. The molecule has 2 rings (SSSR count). The number of aliphatic hydroxyl groups excluding tert-OH is 1. The molecule has 0 fully saturated rings. The van der Waals surface area contributed by atoms with E-state index in [9.17, 15) is 13.2 Å². The van der Waals surface area contributed by atoms with E-state index in [-0.39, 0.29) is 22.2 Å². The largest absolute Gasteiger partial charge is 0.462 e. The van der Waals surface area contributed by atoms with Crippen molar-refractivity contribution in [1.29, 1.82) is 0 Å². The molecule has 0 saturated carbocycles. The third-order valence-electron chi connectivity index (χ3n) is 2.29. The van der Waals surface area contributed by atoms with Gasteiger partial charge in [-0.15, -0.1) is 0 Å². The van der Waals surface area contributed by atoms with Crippen LogP contribution < -0.4 is 10.3 Å². The molecule has 0 aromatic carbocycles. The van der Waals surface area contributed by atoms with E-state index in [1.807, 2.05) is 0 Å². The molecule has 0 unspecified atom stereocenters. The van der Waals surface area contributed by atoms with E-state index in [2.05, 4.69) is 14.9 Å². The molecule has 0 atom stereocenters. The van der Waals surface area contributed by atoms with Gasteiger partial charge in [0.05, 0.1) is 0 Å². The van der Waals surface area contributed by atoms with Gasteiger partial charge in [-0.3, -0.25) is 9.52 Å². The summed E-state index contributed by atoms with van der Waals surface area (Å²) in [5, 5.41) is 14.5. The fourth-order valence-electron chi connectivity index (χ4n) is 1.46. The van der Waals surface area contributed by atoms with Gasteiger partial charge in [0.25, 0.3) is 15.6 Å². The van der Waals surface area contributed by atoms with Crippen molar-refractivity contribution < 1.29 is 17.9 Å². The van der Waals surface area contributed by atoms with Crippen molar-refractivity contribution in [3.8, 4) is 0 Å². The van der Waals surface area contributed by atoms with Gasteiger partial charge in [0, 0.05) is 12.1 Å². The second kappa shape index (κ2) is 4.86. The predicted octanol–water partition coefficient (Wildman–Crippen LogP) is -0.0356. The zero-order chi connectivity index (χ0) is 14.0. The average Bonchev–Trinajstić information content (AvgIpc) is 2.74. The first-order valence-electron chi connectivity index (χ1n) is 5.21. The van der Waals surface area contributed by atoms with Gasteiger partial charge < -0.3 is 9.52 Å². The molecule has 0 spiro atoms. The van der Waals surface area contributed by atoms with E-state index in [1.165, 1.54) is 19.1 Å². The lowest BCUT2D eigenvalue weighted by atomic mass is 10.4. The van der Waals surface area contributed by atoms with Crippen LogP contribution in [-0.2, 0) is 16.6 Å². The van der Waals surface area contributed by atoms with Crippen LogP contribution in [0.4, 0.5) is 5.82 Å². The normalized spacial score (nSPS) is 11.5. The Bertz CT molecular complexity index is 726. The number of furan rings is 1. The van der Waals surface area contributed by atoms with Crippen molar-refractivity contribution in [3.63, 3.8) is 0 Å². The Morgan fingerprint density at radius 3 is 2.74 bits per heavy atom. The Morgan fingerprint density at radius 2 is 2.21 bits per heavy atom. The maximum atomic E-state index is 12.1. The van der Waals surface area contributed by atoms with Gasteiger partial charge >= 0.3 is 0 Å². The molecule has 0 amide bonds. The van der Waals surface area contributed by atoms with Gasteiger partial charge in [-0.1, -0.05) is 0 Å². The molecule has 8 nitrogen and oxygen atoms in total. The summed E-state index contributed by atoms with van der Waals surface area (Å²) in [7, 11) is -3.89. The van der Waals surface area contributed by atoms with Crippen molar-refractivity contribution >= 4 is 15.8 Å². The van der Waals surface area contributed by atoms with Gasteiger partial charge in [0.2, 0.25) is 0 Å². The summed E-state index contributed by atoms with van der Waals surface area (Å²) in [6, 6.07) is 3.61. The van der Waals surface area contributed by atoms with E-state index in [4.69, 9.17) is 9.52 Å². The number of aliphatic hydroxyl groups is 1. The summed E-state index contributed by atoms with van der Waals surface area (Å²) >= 11 is 0. The smallest absolute Gasteiger partial charge is 0.266 e. The van der Waals surface area contributed by atoms with E-state index in [0.29, 0.717) is 0 Å². The molecule has 0 radical (unpaired) electrons. The van der Waals surface area contributed by atoms with Gasteiger partial charge in [-0.2, -0.15) is 5.10 Å². The van der Waals surface area contributed by atoms with Gasteiger partial charge in [-0.05, 0) is 13.0 Å². The summed E-state index contributed by atoms with van der Waals surface area (Å²) in [4.78, 5) is 10.7. The highest BCUT2D eigenvalue weighted by Crippen LogP contribution is 2.21. The number of aromatic amines is 1. The molecule has 0 aliphatic carbocycles. The van der Waals surface area contributed by atoms with E-state index >= 15 is 0 Å². The number of hydrogen-bond acceptors (Lipinski definition) is 6. The van der Waals surface area contributed by atoms with Crippen LogP contribution in [0.5, 0.6) is 0 Å². The third kappa shape index (κ3) is 2.83. The van der Waals surface area contributed by atoms with Gasteiger partial charge in [0.1, 0.15) is 23.0 Å². The van der Waals surface area contributed by atoms with Crippen molar-refractivity contribution in [3.05, 3.63) is 40.1 Å². The molecular weight excluding hydrogens is 274 g/mol. The lowest BCUT2D eigenvalue weighted by molar-refractivity contribution is 0.245. The topological polar surface area (TPSA) is 125 Å². The molecule has 2 heterocycles. The number of nitrogens with one attached hydrogen (secondary N) is 2. The molecule has 9 heteroatoms. The van der Waals surface area contributed by atoms with Crippen LogP contribution in [0.1, 0.15) is 11.5 Å². The Hall–Kier alpha value is -2.13. The van der Waals surface area contributed by atoms with Crippen LogP contribution in [0.2, 0.25) is 0 Å². The maximum Gasteiger partial charge on any atom is 0.266 e. The fraction of sp³-hybridized carbons (Fsp3) is 0.200. The van der Waals surface area contributed by atoms with Crippen molar-refractivity contribution in [2.75, 3.05) is 4.72 Å². The standard InChI is InChI=1S/C10H11N3O5S/c1-6-8(4-7(5-14)18-6)19(16,17)13-9-2-3-10(15)12-11-9/h2-4,14H,5H2,1H3,(H,11,13)(H,12,15). The Labute approximate surface area is 108 Å². The molecular formula is C10H11N3O5S. The highest BCUT2D eigenvalue weighted by Gasteiger charge is 2.21. The van der Waals surface area contributed by atoms with E-state index in [0.717, 1.165) is 6.07 Å². The number of aryl methyl sites for hydroxylation is 1. The first kappa shape index (κ1) is 13.3. The van der Waals surface area contributed by atoms with Crippen LogP contribution in [0.25, 0.3) is 0 Å². The lowest BCUT2D eigenvalue weighted by Gasteiger charge is -2.04. The highest BCUT2D eigenvalue weighted by atomic mass is 32.2. The number of anilines is 1.